The molecule has 0 aliphatic carbocycles. The number of carbonyl (C=O) groups excluding carboxylic acids is 3. The molecule has 1 unspecified atom stereocenters. The number of hydrogen-bond acceptors (Lipinski definition) is 9. The van der Waals surface area contributed by atoms with E-state index in [1.165, 1.54) is 25.2 Å². The number of hydrogen-bond donors (Lipinski definition) is 3. The van der Waals surface area contributed by atoms with Gasteiger partial charge in [0.1, 0.15) is 23.9 Å². The summed E-state index contributed by atoms with van der Waals surface area (Å²) < 4.78 is 89.7. The number of benzene rings is 1. The smallest absolute Gasteiger partial charge is 0.314 e. The first-order valence-electron chi connectivity index (χ1n) is 15.9. The van der Waals surface area contributed by atoms with Crippen molar-refractivity contribution in [3.05, 3.63) is 65.0 Å². The highest BCUT2D eigenvalue weighted by molar-refractivity contribution is 6.18. The average Bonchev–Trinajstić information content (AvgIpc) is 3.05. The van der Waals surface area contributed by atoms with Gasteiger partial charge in [-0.25, -0.2) is 13.2 Å². The average molecular weight is 738 g/mol. The molecule has 0 aromatic heterocycles. The Morgan fingerprint density at radius 1 is 1.04 bits per heavy atom. The van der Waals surface area contributed by atoms with Crippen LogP contribution in [0, 0.1) is 35.0 Å². The van der Waals surface area contributed by atoms with Crippen LogP contribution in [0.1, 0.15) is 60.3 Å². The first-order chi connectivity index (χ1) is 23.4. The summed E-state index contributed by atoms with van der Waals surface area (Å²) in [5.74, 6) is -16.1. The van der Waals surface area contributed by atoms with Crippen molar-refractivity contribution < 1.29 is 65.5 Å². The van der Waals surface area contributed by atoms with E-state index < -0.39 is 95.5 Å². The SMILES string of the molecule is CC(=O)OC(C)/C=C\C(=O)N[C@@H]1C[C@H](C)[C@H](C/C=C(C)/C=C/[C@H]2O[C@H](CC(=O)Oc3c(F)c(F)c(F)c(F)c3F)C[C@@](O)(CCl)[C@@H]2O)O[C@@H]1C. The number of aliphatic hydroxyl groups is 2. The molecule has 2 fully saturated rings. The lowest BCUT2D eigenvalue weighted by Gasteiger charge is -2.43. The van der Waals surface area contributed by atoms with E-state index in [9.17, 15) is 46.5 Å². The molecule has 9 atom stereocenters. The van der Waals surface area contributed by atoms with Gasteiger partial charge in [0.05, 0.1) is 36.7 Å². The van der Waals surface area contributed by atoms with Gasteiger partial charge >= 0.3 is 11.9 Å². The van der Waals surface area contributed by atoms with Crippen LogP contribution in [0.5, 0.6) is 5.75 Å². The van der Waals surface area contributed by atoms with Crippen LogP contribution in [0.3, 0.4) is 0 Å². The Bertz CT molecular complexity index is 1480. The van der Waals surface area contributed by atoms with E-state index in [4.69, 9.17) is 25.8 Å². The molecule has 278 valence electrons. The van der Waals surface area contributed by atoms with Gasteiger partial charge < -0.3 is 34.5 Å². The molecule has 2 saturated heterocycles. The number of esters is 2. The number of amides is 1. The molecule has 2 aliphatic rings. The van der Waals surface area contributed by atoms with Gasteiger partial charge in [0, 0.05) is 19.4 Å². The van der Waals surface area contributed by atoms with Crippen molar-refractivity contribution in [2.45, 2.75) is 109 Å². The highest BCUT2D eigenvalue weighted by Crippen LogP contribution is 2.34. The standard InChI is InChI=1S/C34H41ClF5NO9/c1-16(6-9-23-17(2)12-22(19(4)48-23)41-25(43)11-8-18(3)47-20(5)42)7-10-24-33(45)34(46,15-35)14-21(49-24)13-26(44)50-32-30(39)28(37)27(36)29(38)31(32)40/h6-8,10-11,17-19,21-24,33,45-46H,9,12-15H2,1-5H3,(H,41,43)/b10-7+,11-8-,16-6+/t17-,18?,19+,21+,22+,23-,24+,33+,34+/m0/s1. The van der Waals surface area contributed by atoms with E-state index in [-0.39, 0.29) is 30.1 Å². The number of nitrogens with one attached hydrogen (secondary N) is 1. The molecule has 1 amide bonds. The van der Waals surface area contributed by atoms with Crippen LogP contribution in [0.15, 0.2) is 36.0 Å². The zero-order valence-electron chi connectivity index (χ0n) is 28.1. The zero-order valence-corrected chi connectivity index (χ0v) is 28.8. The Hall–Kier alpha value is -3.37. The lowest BCUT2D eigenvalue weighted by Crippen LogP contribution is -2.58. The van der Waals surface area contributed by atoms with Gasteiger partial charge in [0.2, 0.25) is 40.7 Å². The van der Waals surface area contributed by atoms with Crippen LogP contribution in [-0.4, -0.2) is 82.2 Å². The normalized spacial score (nSPS) is 29.6. The number of carbonyl (C=O) groups is 3. The molecule has 0 bridgehead atoms. The highest BCUT2D eigenvalue weighted by atomic mass is 35.5. The molecular weight excluding hydrogens is 697 g/mol. The lowest BCUT2D eigenvalue weighted by atomic mass is 9.84. The molecule has 1 aromatic carbocycles. The van der Waals surface area contributed by atoms with Crippen molar-refractivity contribution in [3.8, 4) is 5.75 Å². The Morgan fingerprint density at radius 3 is 2.26 bits per heavy atom. The maximum Gasteiger partial charge on any atom is 0.314 e. The molecule has 10 nitrogen and oxygen atoms in total. The van der Waals surface area contributed by atoms with Gasteiger partial charge in [-0.15, -0.1) is 11.6 Å². The second kappa shape index (κ2) is 17.7. The van der Waals surface area contributed by atoms with Gasteiger partial charge in [-0.05, 0) is 45.6 Å². The minimum absolute atomic E-state index is 0.0565. The number of aliphatic hydroxyl groups excluding tert-OH is 1. The number of allylic oxidation sites excluding steroid dienone is 2. The summed E-state index contributed by atoms with van der Waals surface area (Å²) in [6, 6.07) is -0.251. The van der Waals surface area contributed by atoms with Crippen molar-refractivity contribution in [1.82, 2.24) is 5.32 Å². The van der Waals surface area contributed by atoms with Gasteiger partial charge in [-0.1, -0.05) is 30.7 Å². The second-order valence-corrected chi connectivity index (χ2v) is 12.9. The molecule has 50 heavy (non-hydrogen) atoms. The van der Waals surface area contributed by atoms with Crippen LogP contribution < -0.4 is 10.1 Å². The molecule has 16 heteroatoms. The van der Waals surface area contributed by atoms with E-state index in [1.54, 1.807) is 19.9 Å². The molecule has 2 aliphatic heterocycles. The molecule has 0 radical (unpaired) electrons. The second-order valence-electron chi connectivity index (χ2n) is 12.6. The Balaban J connectivity index is 1.60. The predicted molar refractivity (Wildman–Crippen MR) is 169 cm³/mol. The Morgan fingerprint density at radius 2 is 1.66 bits per heavy atom. The quantitative estimate of drug-likeness (QED) is 0.0401. The third-order valence-electron chi connectivity index (χ3n) is 8.44. The van der Waals surface area contributed by atoms with Gasteiger partial charge in [-0.2, -0.15) is 8.78 Å². The fraction of sp³-hybridized carbons (Fsp3) is 0.559. The molecule has 2 heterocycles. The van der Waals surface area contributed by atoms with E-state index in [1.807, 2.05) is 19.9 Å². The molecule has 3 N–H and O–H groups in total. The highest BCUT2D eigenvalue weighted by Gasteiger charge is 2.47. The topological polar surface area (TPSA) is 141 Å². The van der Waals surface area contributed by atoms with E-state index in [0.29, 0.717) is 18.4 Å². The van der Waals surface area contributed by atoms with Crippen LogP contribution in [0.2, 0.25) is 0 Å². The summed E-state index contributed by atoms with van der Waals surface area (Å²) in [5, 5.41) is 24.7. The zero-order chi connectivity index (χ0) is 37.5. The van der Waals surface area contributed by atoms with Crippen molar-refractivity contribution in [2.24, 2.45) is 5.92 Å². The Kier molecular flexibility index (Phi) is 14.5. The molecular formula is C34H41ClF5NO9. The maximum atomic E-state index is 14.0. The number of rotatable bonds is 12. The van der Waals surface area contributed by atoms with Gasteiger partial charge in [-0.3, -0.25) is 14.4 Å². The summed E-state index contributed by atoms with van der Waals surface area (Å²) in [7, 11) is 0. The van der Waals surface area contributed by atoms with Crippen molar-refractivity contribution >= 4 is 29.4 Å². The van der Waals surface area contributed by atoms with Crippen LogP contribution in [0.4, 0.5) is 22.0 Å². The molecule has 3 rings (SSSR count). The fourth-order valence-corrected chi connectivity index (χ4v) is 5.94. The number of ether oxygens (including phenoxy) is 4. The number of halogens is 6. The molecule has 1 aromatic rings. The Labute approximate surface area is 291 Å². The van der Waals surface area contributed by atoms with Crippen molar-refractivity contribution in [1.29, 1.82) is 0 Å². The monoisotopic (exact) mass is 737 g/mol. The largest absolute Gasteiger partial charge is 0.459 e. The predicted octanol–water partition coefficient (Wildman–Crippen LogP) is 4.86. The summed E-state index contributed by atoms with van der Waals surface area (Å²) in [4.78, 5) is 35.9. The summed E-state index contributed by atoms with van der Waals surface area (Å²) in [6.45, 7) is 8.52. The van der Waals surface area contributed by atoms with Gasteiger partial charge in [0.25, 0.3) is 0 Å². The first kappa shape index (κ1) is 41.1. The fourth-order valence-electron chi connectivity index (χ4n) is 5.67. The lowest BCUT2D eigenvalue weighted by molar-refractivity contribution is -0.196. The maximum absolute atomic E-state index is 14.0. The van der Waals surface area contributed by atoms with E-state index in [0.717, 1.165) is 0 Å². The minimum Gasteiger partial charge on any atom is -0.459 e. The molecule has 0 saturated carbocycles. The summed E-state index contributed by atoms with van der Waals surface area (Å²) in [6.07, 6.45) is 2.58. The molecule has 0 spiro atoms. The van der Waals surface area contributed by atoms with Crippen molar-refractivity contribution in [2.75, 3.05) is 5.88 Å². The van der Waals surface area contributed by atoms with Crippen LogP contribution in [-0.2, 0) is 28.6 Å². The third kappa shape index (κ3) is 10.6. The minimum atomic E-state index is -2.42. The first-order valence-corrected chi connectivity index (χ1v) is 16.4. The third-order valence-corrected chi connectivity index (χ3v) is 8.90. The summed E-state index contributed by atoms with van der Waals surface area (Å²) in [5.41, 5.74) is -1.25. The number of alkyl halides is 1. The van der Waals surface area contributed by atoms with E-state index >= 15 is 0 Å². The van der Waals surface area contributed by atoms with Crippen LogP contribution in [0.25, 0.3) is 0 Å². The summed E-state index contributed by atoms with van der Waals surface area (Å²) >= 11 is 5.92. The van der Waals surface area contributed by atoms with E-state index in [2.05, 4.69) is 10.1 Å². The van der Waals surface area contributed by atoms with Gasteiger partial charge in [0.15, 0.2) is 0 Å². The van der Waals surface area contributed by atoms with Crippen LogP contribution >= 0.6 is 11.6 Å². The van der Waals surface area contributed by atoms with Crippen molar-refractivity contribution in [3.63, 3.8) is 0 Å².